The lowest BCUT2D eigenvalue weighted by Crippen LogP contribution is -2.22. The summed E-state index contributed by atoms with van der Waals surface area (Å²) in [5.41, 5.74) is 8.55. The zero-order chi connectivity index (χ0) is 15.9. The number of nitrogens with one attached hydrogen (secondary N) is 2. The van der Waals surface area contributed by atoms with E-state index in [4.69, 9.17) is 9.68 Å². The van der Waals surface area contributed by atoms with Gasteiger partial charge >= 0.3 is 6.01 Å². The molecule has 0 aliphatic heterocycles. The quantitative estimate of drug-likeness (QED) is 0.518. The Morgan fingerprint density at radius 2 is 1.58 bits per heavy atom. The Hall–Kier alpha value is -2.81. The molecule has 0 spiro atoms. The molecule has 0 aliphatic rings. The van der Waals surface area contributed by atoms with Crippen LogP contribution in [0.1, 0.15) is 6.42 Å². The van der Waals surface area contributed by atoms with E-state index in [9.17, 15) is 0 Å². The van der Waals surface area contributed by atoms with Crippen LogP contribution in [0.25, 0.3) is 22.6 Å². The van der Waals surface area contributed by atoms with Gasteiger partial charge in [-0.05, 0) is 0 Å². The van der Waals surface area contributed by atoms with Gasteiger partial charge in [-0.2, -0.15) is 10.2 Å². The molecule has 0 atom stereocenters. The first kappa shape index (κ1) is 17.5. The minimum Gasteiger partial charge on any atom is -0.422 e. The molecule has 2 N–H and O–H groups in total. The lowest BCUT2D eigenvalue weighted by atomic mass is 10.1. The maximum absolute atomic E-state index is 8.55. The molecule has 0 fully saturated rings. The van der Waals surface area contributed by atoms with E-state index in [1.165, 1.54) is 0 Å². The Labute approximate surface area is 146 Å². The van der Waals surface area contributed by atoms with Crippen molar-refractivity contribution in [1.82, 2.24) is 10.4 Å². The molecule has 1 heterocycles. The number of nitrogens with zero attached hydrogens (tertiary/aromatic N) is 2. The molecule has 0 bridgehead atoms. The Morgan fingerprint density at radius 1 is 0.958 bits per heavy atom. The molecule has 0 aliphatic carbocycles. The van der Waals surface area contributed by atoms with Gasteiger partial charge in [-0.25, -0.2) is 5.43 Å². The van der Waals surface area contributed by atoms with Crippen molar-refractivity contribution in [3.8, 4) is 28.7 Å². The number of oxazole rings is 1. The van der Waals surface area contributed by atoms with Gasteiger partial charge in [0.05, 0.1) is 6.07 Å². The van der Waals surface area contributed by atoms with Gasteiger partial charge in [0.15, 0.2) is 5.76 Å². The minimum atomic E-state index is 0. The van der Waals surface area contributed by atoms with Crippen molar-refractivity contribution >= 4 is 18.4 Å². The van der Waals surface area contributed by atoms with Gasteiger partial charge in [0.25, 0.3) is 0 Å². The molecule has 5 nitrogen and oxygen atoms in total. The fourth-order valence-corrected chi connectivity index (χ4v) is 2.21. The van der Waals surface area contributed by atoms with Gasteiger partial charge in [-0.3, -0.25) is 5.43 Å². The highest BCUT2D eigenvalue weighted by atomic mass is 35.5. The Bertz CT molecular complexity index is 740. The van der Waals surface area contributed by atoms with Crippen LogP contribution < -0.4 is 10.9 Å². The largest absolute Gasteiger partial charge is 0.422 e. The number of rotatable bonds is 6. The van der Waals surface area contributed by atoms with Crippen molar-refractivity contribution in [2.45, 2.75) is 6.42 Å². The second kappa shape index (κ2) is 8.73. The molecule has 0 saturated carbocycles. The summed E-state index contributed by atoms with van der Waals surface area (Å²) in [6.07, 6.45) is 0.408. The molecule has 0 unspecified atom stereocenters. The van der Waals surface area contributed by atoms with Crippen LogP contribution in [0.4, 0.5) is 6.01 Å². The smallest absolute Gasteiger partial charge is 0.310 e. The van der Waals surface area contributed by atoms with E-state index in [1.807, 2.05) is 60.7 Å². The molecular formula is C18H17ClN4O. The fraction of sp³-hybridized carbons (Fsp3) is 0.111. The van der Waals surface area contributed by atoms with Crippen LogP contribution in [0.3, 0.4) is 0 Å². The van der Waals surface area contributed by atoms with Gasteiger partial charge in [0.2, 0.25) is 0 Å². The lowest BCUT2D eigenvalue weighted by Gasteiger charge is -2.01. The fourth-order valence-electron chi connectivity index (χ4n) is 2.21. The monoisotopic (exact) mass is 340 g/mol. The number of nitriles is 1. The van der Waals surface area contributed by atoms with Gasteiger partial charge in [-0.1, -0.05) is 60.7 Å². The number of anilines is 1. The molecule has 3 rings (SSSR count). The highest BCUT2D eigenvalue weighted by Gasteiger charge is 2.16. The van der Waals surface area contributed by atoms with Crippen LogP contribution in [-0.2, 0) is 0 Å². The van der Waals surface area contributed by atoms with Crippen LogP contribution in [0.2, 0.25) is 0 Å². The first-order chi connectivity index (χ1) is 11.4. The third kappa shape index (κ3) is 4.13. The van der Waals surface area contributed by atoms with E-state index in [2.05, 4.69) is 21.9 Å². The predicted molar refractivity (Wildman–Crippen MR) is 96.5 cm³/mol. The third-order valence-corrected chi connectivity index (χ3v) is 3.27. The maximum Gasteiger partial charge on any atom is 0.310 e. The van der Waals surface area contributed by atoms with E-state index in [1.54, 1.807) is 0 Å². The lowest BCUT2D eigenvalue weighted by molar-refractivity contribution is 0.572. The summed E-state index contributed by atoms with van der Waals surface area (Å²) >= 11 is 0. The van der Waals surface area contributed by atoms with Crippen molar-refractivity contribution < 1.29 is 4.42 Å². The number of hydrogen-bond donors (Lipinski definition) is 2. The van der Waals surface area contributed by atoms with E-state index < -0.39 is 0 Å². The molecule has 0 saturated heterocycles. The standard InChI is InChI=1S/C18H16N4O.ClH/c19-12-7-13-20-22-18-21-16(14-8-3-1-4-9-14)17(23-18)15-10-5-2-6-11-15;/h1-6,8-11,20H,7,13H2,(H,21,22);1H. The first-order valence-electron chi connectivity index (χ1n) is 7.36. The Balaban J connectivity index is 0.00000208. The van der Waals surface area contributed by atoms with Gasteiger partial charge in [0.1, 0.15) is 5.69 Å². The van der Waals surface area contributed by atoms with E-state index in [-0.39, 0.29) is 12.4 Å². The molecule has 0 radical (unpaired) electrons. The summed E-state index contributed by atoms with van der Waals surface area (Å²) in [7, 11) is 0. The number of aromatic nitrogens is 1. The van der Waals surface area contributed by atoms with Gasteiger partial charge in [-0.15, -0.1) is 12.4 Å². The SMILES string of the molecule is Cl.N#CCCNNc1nc(-c2ccccc2)c(-c2ccccc2)o1. The van der Waals surface area contributed by atoms with Crippen molar-refractivity contribution in [2.75, 3.05) is 12.0 Å². The molecular weight excluding hydrogens is 324 g/mol. The van der Waals surface area contributed by atoms with E-state index >= 15 is 0 Å². The third-order valence-electron chi connectivity index (χ3n) is 3.27. The zero-order valence-corrected chi connectivity index (χ0v) is 13.7. The maximum atomic E-state index is 8.55. The highest BCUT2D eigenvalue weighted by Crippen LogP contribution is 2.33. The Morgan fingerprint density at radius 3 is 2.21 bits per heavy atom. The van der Waals surface area contributed by atoms with Gasteiger partial charge < -0.3 is 4.42 Å². The highest BCUT2D eigenvalue weighted by molar-refractivity contribution is 5.85. The minimum absolute atomic E-state index is 0. The number of hydrogen-bond acceptors (Lipinski definition) is 5. The second-order valence-corrected chi connectivity index (χ2v) is 4.89. The normalized spacial score (nSPS) is 9.79. The second-order valence-electron chi connectivity index (χ2n) is 4.89. The van der Waals surface area contributed by atoms with E-state index in [0.717, 1.165) is 16.8 Å². The summed E-state index contributed by atoms with van der Waals surface area (Å²) in [5.74, 6) is 0.710. The van der Waals surface area contributed by atoms with E-state index in [0.29, 0.717) is 24.7 Å². The van der Waals surface area contributed by atoms with Gasteiger partial charge in [0, 0.05) is 24.1 Å². The molecule has 1 aromatic heterocycles. The predicted octanol–water partition coefficient (Wildman–Crippen LogP) is 4.26. The molecule has 122 valence electrons. The summed E-state index contributed by atoms with van der Waals surface area (Å²) in [6.45, 7) is 0.514. The topological polar surface area (TPSA) is 73.9 Å². The number of benzene rings is 2. The number of halogens is 1. The van der Waals surface area contributed by atoms with Crippen molar-refractivity contribution in [3.63, 3.8) is 0 Å². The summed E-state index contributed by atoms with van der Waals surface area (Å²) in [5, 5.41) is 8.55. The Kier molecular flexibility index (Phi) is 6.38. The number of hydrazine groups is 1. The molecule has 0 amide bonds. The van der Waals surface area contributed by atoms with Crippen LogP contribution in [0.15, 0.2) is 65.1 Å². The molecule has 2 aromatic carbocycles. The van der Waals surface area contributed by atoms with Crippen LogP contribution in [-0.4, -0.2) is 11.5 Å². The van der Waals surface area contributed by atoms with Crippen LogP contribution in [0.5, 0.6) is 0 Å². The van der Waals surface area contributed by atoms with Crippen molar-refractivity contribution in [2.24, 2.45) is 0 Å². The molecule has 3 aromatic rings. The summed E-state index contributed by atoms with van der Waals surface area (Å²) < 4.78 is 5.87. The zero-order valence-electron chi connectivity index (χ0n) is 12.9. The van der Waals surface area contributed by atoms with Crippen molar-refractivity contribution in [1.29, 1.82) is 5.26 Å². The first-order valence-corrected chi connectivity index (χ1v) is 7.36. The average Bonchev–Trinajstić information content (AvgIpc) is 3.05. The summed E-state index contributed by atoms with van der Waals surface area (Å²) in [4.78, 5) is 4.53. The van der Waals surface area contributed by atoms with Crippen LogP contribution >= 0.6 is 12.4 Å². The molecule has 6 heteroatoms. The summed E-state index contributed by atoms with van der Waals surface area (Å²) in [6, 6.07) is 22.2. The van der Waals surface area contributed by atoms with Crippen LogP contribution in [0, 0.1) is 11.3 Å². The average molecular weight is 341 g/mol. The van der Waals surface area contributed by atoms with Crippen molar-refractivity contribution in [3.05, 3.63) is 60.7 Å². The molecule has 24 heavy (non-hydrogen) atoms.